The van der Waals surface area contributed by atoms with E-state index in [-0.39, 0.29) is 5.78 Å². The average Bonchev–Trinajstić information content (AvgIpc) is 2.28. The fraction of sp³-hybridized carbons (Fsp3) is 0.286. The van der Waals surface area contributed by atoms with Gasteiger partial charge in [0, 0.05) is 18.7 Å². The Labute approximate surface area is 107 Å². The van der Waals surface area contributed by atoms with Gasteiger partial charge in [-0.1, -0.05) is 36.5 Å². The molecule has 0 heterocycles. The molecule has 0 saturated heterocycles. The van der Waals surface area contributed by atoms with E-state index in [0.29, 0.717) is 22.9 Å². The predicted octanol–water partition coefficient (Wildman–Crippen LogP) is 2.41. The highest BCUT2D eigenvalue weighted by molar-refractivity contribution is 7.81. The maximum Gasteiger partial charge on any atom is 0.170 e. The molecule has 0 atom stereocenters. The van der Waals surface area contributed by atoms with Crippen LogP contribution in [0.5, 0.6) is 0 Å². The van der Waals surface area contributed by atoms with Crippen LogP contribution in [-0.2, 0) is 11.2 Å². The SMILES string of the molecule is CC(C)N/C=C1\C(=O)Cc2ccccc2C1=S. The number of fused-ring (bicyclic) bond motifs is 1. The first kappa shape index (κ1) is 12.0. The summed E-state index contributed by atoms with van der Waals surface area (Å²) in [5.74, 6) is 0.0989. The molecule has 0 fully saturated rings. The van der Waals surface area contributed by atoms with Gasteiger partial charge in [0.15, 0.2) is 5.78 Å². The van der Waals surface area contributed by atoms with E-state index in [1.165, 1.54) is 0 Å². The van der Waals surface area contributed by atoms with E-state index in [2.05, 4.69) is 5.32 Å². The Morgan fingerprint density at radius 2 is 2.06 bits per heavy atom. The number of benzene rings is 1. The summed E-state index contributed by atoms with van der Waals surface area (Å²) >= 11 is 5.38. The number of thiocarbonyl (C=S) groups is 1. The highest BCUT2D eigenvalue weighted by atomic mass is 32.1. The van der Waals surface area contributed by atoms with Crippen LogP contribution in [0.2, 0.25) is 0 Å². The molecule has 1 aliphatic carbocycles. The van der Waals surface area contributed by atoms with Crippen LogP contribution in [-0.4, -0.2) is 16.7 Å². The van der Waals surface area contributed by atoms with Gasteiger partial charge in [0.25, 0.3) is 0 Å². The summed E-state index contributed by atoms with van der Waals surface area (Å²) in [6, 6.07) is 8.14. The minimum Gasteiger partial charge on any atom is -0.388 e. The summed E-state index contributed by atoms with van der Waals surface area (Å²) in [6.45, 7) is 4.06. The van der Waals surface area contributed by atoms with Crippen molar-refractivity contribution < 1.29 is 4.79 Å². The van der Waals surface area contributed by atoms with Gasteiger partial charge in [-0.15, -0.1) is 0 Å². The Kier molecular flexibility index (Phi) is 3.38. The molecular weight excluding hydrogens is 230 g/mol. The van der Waals surface area contributed by atoms with E-state index in [1.54, 1.807) is 6.20 Å². The lowest BCUT2D eigenvalue weighted by Crippen LogP contribution is -2.26. The lowest BCUT2D eigenvalue weighted by molar-refractivity contribution is -0.114. The standard InChI is InChI=1S/C14H15NOS/c1-9(2)15-8-12-13(16)7-10-5-3-4-6-11(10)14(12)17/h3-6,8-9,15H,7H2,1-2H3/b12-8+. The highest BCUT2D eigenvalue weighted by Crippen LogP contribution is 2.23. The molecule has 1 aromatic rings. The lowest BCUT2D eigenvalue weighted by atomic mass is 9.87. The number of hydrogen-bond donors (Lipinski definition) is 1. The summed E-state index contributed by atoms with van der Waals surface area (Å²) in [4.78, 5) is 12.6. The van der Waals surface area contributed by atoms with Crippen LogP contribution < -0.4 is 5.32 Å². The molecule has 0 bridgehead atoms. The van der Waals surface area contributed by atoms with Crippen LogP contribution in [0, 0.1) is 0 Å². The fourth-order valence-corrected chi connectivity index (χ4v) is 2.20. The predicted molar refractivity (Wildman–Crippen MR) is 73.2 cm³/mol. The Morgan fingerprint density at radius 1 is 1.35 bits per heavy atom. The molecule has 0 aromatic heterocycles. The zero-order chi connectivity index (χ0) is 12.4. The first-order valence-corrected chi connectivity index (χ1v) is 6.12. The van der Waals surface area contributed by atoms with Gasteiger partial charge in [0.05, 0.1) is 10.4 Å². The number of hydrogen-bond acceptors (Lipinski definition) is 3. The van der Waals surface area contributed by atoms with Gasteiger partial charge >= 0.3 is 0 Å². The van der Waals surface area contributed by atoms with E-state index in [9.17, 15) is 4.79 Å². The summed E-state index contributed by atoms with van der Waals surface area (Å²) in [5, 5.41) is 3.14. The van der Waals surface area contributed by atoms with Crippen molar-refractivity contribution in [2.24, 2.45) is 0 Å². The molecule has 1 aliphatic rings. The van der Waals surface area contributed by atoms with E-state index in [1.807, 2.05) is 38.1 Å². The normalized spacial score (nSPS) is 17.5. The van der Waals surface area contributed by atoms with Gasteiger partial charge in [-0.2, -0.15) is 0 Å². The van der Waals surface area contributed by atoms with Gasteiger partial charge < -0.3 is 5.32 Å². The topological polar surface area (TPSA) is 29.1 Å². The van der Waals surface area contributed by atoms with Crippen LogP contribution in [0.25, 0.3) is 0 Å². The molecule has 2 nitrogen and oxygen atoms in total. The molecule has 1 N–H and O–H groups in total. The Balaban J connectivity index is 2.37. The van der Waals surface area contributed by atoms with Crippen molar-refractivity contribution in [1.29, 1.82) is 0 Å². The third-order valence-electron chi connectivity index (χ3n) is 2.72. The molecule has 3 heteroatoms. The number of carbonyl (C=O) groups excluding carboxylic acids is 1. The van der Waals surface area contributed by atoms with Crippen molar-refractivity contribution in [1.82, 2.24) is 5.32 Å². The zero-order valence-electron chi connectivity index (χ0n) is 9.99. The third kappa shape index (κ3) is 2.44. The fourth-order valence-electron chi connectivity index (χ4n) is 1.83. The minimum absolute atomic E-state index is 0.0989. The molecule has 0 spiro atoms. The smallest absolute Gasteiger partial charge is 0.170 e. The second kappa shape index (κ2) is 4.80. The number of rotatable bonds is 2. The molecule has 2 rings (SSSR count). The van der Waals surface area contributed by atoms with Crippen molar-refractivity contribution in [2.75, 3.05) is 0 Å². The molecule has 1 aromatic carbocycles. The van der Waals surface area contributed by atoms with E-state index >= 15 is 0 Å². The molecule has 17 heavy (non-hydrogen) atoms. The largest absolute Gasteiger partial charge is 0.388 e. The summed E-state index contributed by atoms with van der Waals surface area (Å²) in [6.07, 6.45) is 2.20. The molecular formula is C14H15NOS. The van der Waals surface area contributed by atoms with Crippen LogP contribution >= 0.6 is 12.2 Å². The molecule has 0 amide bonds. The maximum atomic E-state index is 12.0. The Bertz CT molecular complexity index is 503. The third-order valence-corrected chi connectivity index (χ3v) is 3.16. The van der Waals surface area contributed by atoms with Crippen molar-refractivity contribution in [3.63, 3.8) is 0 Å². The average molecular weight is 245 g/mol. The molecule has 0 radical (unpaired) electrons. The van der Waals surface area contributed by atoms with Crippen LogP contribution in [0.4, 0.5) is 0 Å². The van der Waals surface area contributed by atoms with Crippen molar-refractivity contribution >= 4 is 22.9 Å². The monoisotopic (exact) mass is 245 g/mol. The number of Topliss-reactive ketones (excluding diaryl/α,β-unsaturated/α-hetero) is 1. The number of ketones is 1. The van der Waals surface area contributed by atoms with Crippen molar-refractivity contribution in [3.8, 4) is 0 Å². The molecule has 0 aliphatic heterocycles. The van der Waals surface area contributed by atoms with Crippen LogP contribution in [0.3, 0.4) is 0 Å². The summed E-state index contributed by atoms with van der Waals surface area (Å²) in [5.41, 5.74) is 2.68. The van der Waals surface area contributed by atoms with Gasteiger partial charge in [0.2, 0.25) is 0 Å². The summed E-state index contributed by atoms with van der Waals surface area (Å²) in [7, 11) is 0. The Morgan fingerprint density at radius 3 is 2.76 bits per heavy atom. The quantitative estimate of drug-likeness (QED) is 0.641. The number of nitrogens with one attached hydrogen (secondary N) is 1. The van der Waals surface area contributed by atoms with Crippen LogP contribution in [0.1, 0.15) is 25.0 Å². The number of allylic oxidation sites excluding steroid dienone is 1. The van der Waals surface area contributed by atoms with Gasteiger partial charge in [0.1, 0.15) is 0 Å². The minimum atomic E-state index is 0.0989. The van der Waals surface area contributed by atoms with Gasteiger partial charge in [-0.3, -0.25) is 4.79 Å². The molecule has 0 saturated carbocycles. The van der Waals surface area contributed by atoms with Gasteiger partial charge in [-0.05, 0) is 25.0 Å². The van der Waals surface area contributed by atoms with E-state index in [4.69, 9.17) is 12.2 Å². The second-order valence-electron chi connectivity index (χ2n) is 4.47. The second-order valence-corrected chi connectivity index (χ2v) is 4.87. The molecule has 0 unspecified atom stereocenters. The van der Waals surface area contributed by atoms with Crippen LogP contribution in [0.15, 0.2) is 36.0 Å². The molecule has 88 valence electrons. The summed E-state index contributed by atoms with van der Waals surface area (Å²) < 4.78 is 0. The van der Waals surface area contributed by atoms with Crippen molar-refractivity contribution in [2.45, 2.75) is 26.3 Å². The van der Waals surface area contributed by atoms with Crippen molar-refractivity contribution in [3.05, 3.63) is 47.2 Å². The van der Waals surface area contributed by atoms with E-state index < -0.39 is 0 Å². The zero-order valence-corrected chi connectivity index (χ0v) is 10.8. The number of carbonyl (C=O) groups is 1. The lowest BCUT2D eigenvalue weighted by Gasteiger charge is -2.19. The first-order valence-electron chi connectivity index (χ1n) is 5.71. The van der Waals surface area contributed by atoms with Gasteiger partial charge in [-0.25, -0.2) is 0 Å². The van der Waals surface area contributed by atoms with E-state index in [0.717, 1.165) is 11.1 Å². The Hall–Kier alpha value is -1.48. The highest BCUT2D eigenvalue weighted by Gasteiger charge is 2.24. The maximum absolute atomic E-state index is 12.0. The first-order chi connectivity index (χ1) is 8.09.